The number of hydrogen-bond acceptors (Lipinski definition) is 5. The predicted octanol–water partition coefficient (Wildman–Crippen LogP) is 2.76. The third-order valence-electron chi connectivity index (χ3n) is 6.82. The molecular weight excluding hydrogens is 583 g/mol. The molecule has 42 heavy (non-hydrogen) atoms. The number of benzene rings is 2. The molecule has 4 N–H and O–H groups in total. The summed E-state index contributed by atoms with van der Waals surface area (Å²) in [5.41, 5.74) is -0.306. The van der Waals surface area contributed by atoms with E-state index in [0.29, 0.717) is 36.1 Å². The average molecular weight is 615 g/mol. The van der Waals surface area contributed by atoms with Crippen LogP contribution in [0.4, 0.5) is 22.0 Å². The fraction of sp³-hybridized carbons (Fsp3) is 0.429. The summed E-state index contributed by atoms with van der Waals surface area (Å²) in [4.78, 5) is 52.2. The van der Waals surface area contributed by atoms with Gasteiger partial charge in [-0.25, -0.2) is 22.0 Å². The molecule has 1 heterocycles. The first-order valence-electron chi connectivity index (χ1n) is 13.3. The van der Waals surface area contributed by atoms with Gasteiger partial charge < -0.3 is 21.3 Å². The highest BCUT2D eigenvalue weighted by Crippen LogP contribution is 2.24. The summed E-state index contributed by atoms with van der Waals surface area (Å²) in [6.07, 6.45) is 0.660. The van der Waals surface area contributed by atoms with Gasteiger partial charge in [-0.1, -0.05) is 37.1 Å². The van der Waals surface area contributed by atoms with Gasteiger partial charge in [0.15, 0.2) is 23.3 Å². The Morgan fingerprint density at radius 3 is 1.98 bits per heavy atom. The minimum Gasteiger partial charge on any atom is -0.350 e. The first-order valence-corrected chi connectivity index (χ1v) is 13.9. The van der Waals surface area contributed by atoms with E-state index in [2.05, 4.69) is 33.9 Å². The second-order valence-electron chi connectivity index (χ2n) is 9.90. The van der Waals surface area contributed by atoms with E-state index in [4.69, 9.17) is 0 Å². The highest BCUT2D eigenvalue weighted by Gasteiger charge is 2.33. The average Bonchev–Trinajstić information content (AvgIpc) is 2.96. The summed E-state index contributed by atoms with van der Waals surface area (Å²) in [5.74, 6) is -13.5. The maximum Gasteiger partial charge on any atom is 0.243 e. The molecule has 0 bridgehead atoms. The Morgan fingerprint density at radius 1 is 0.738 bits per heavy atom. The lowest BCUT2D eigenvalue weighted by Gasteiger charge is -2.25. The molecule has 8 nitrogen and oxygen atoms in total. The standard InChI is InChI=1S/C28H31F5N4O4S/c1-14-26(39)36-18(9-3-2-6-10-42)28(41)37-19(12-17-21(29)23(31)25(33)24(32)22(17)30)27(40)34-13-16-8-5-4-7-15(16)11-20(38)35-14/h4-5,7-8,14,18-19,42H,2-3,6,9-13H2,1H3,(H,34,40)(H,35,38)(H,36,39)(H,37,41)/t14-,18+,19+/m1/s1. The second-order valence-corrected chi connectivity index (χ2v) is 10.3. The van der Waals surface area contributed by atoms with E-state index in [1.54, 1.807) is 24.3 Å². The monoisotopic (exact) mass is 614 g/mol. The molecule has 0 spiro atoms. The van der Waals surface area contributed by atoms with Gasteiger partial charge in [-0.2, -0.15) is 12.6 Å². The number of carbonyl (C=O) groups excluding carboxylic acids is 4. The largest absolute Gasteiger partial charge is 0.350 e. The molecule has 1 aliphatic rings. The molecule has 4 amide bonds. The van der Waals surface area contributed by atoms with Crippen LogP contribution < -0.4 is 21.3 Å². The van der Waals surface area contributed by atoms with E-state index in [1.165, 1.54) is 6.92 Å². The molecule has 3 rings (SSSR count). The lowest BCUT2D eigenvalue weighted by Crippen LogP contribution is -2.56. The molecular formula is C28H31F5N4O4S. The normalized spacial score (nSPS) is 20.4. The van der Waals surface area contributed by atoms with Gasteiger partial charge in [0.1, 0.15) is 18.1 Å². The second kappa shape index (κ2) is 15.0. The van der Waals surface area contributed by atoms with Crippen LogP contribution in [0.5, 0.6) is 0 Å². The topological polar surface area (TPSA) is 116 Å². The zero-order valence-corrected chi connectivity index (χ0v) is 23.6. The summed E-state index contributed by atoms with van der Waals surface area (Å²) in [6.45, 7) is 1.23. The van der Waals surface area contributed by atoms with E-state index >= 15 is 0 Å². The summed E-state index contributed by atoms with van der Waals surface area (Å²) in [6, 6.07) is 2.44. The maximum atomic E-state index is 14.5. The minimum atomic E-state index is -2.36. The van der Waals surface area contributed by atoms with Gasteiger partial charge in [0.05, 0.1) is 6.42 Å². The summed E-state index contributed by atoms with van der Waals surface area (Å²) < 4.78 is 70.6. The highest BCUT2D eigenvalue weighted by atomic mass is 32.1. The van der Waals surface area contributed by atoms with Crippen LogP contribution in [-0.4, -0.2) is 47.5 Å². The summed E-state index contributed by atoms with van der Waals surface area (Å²) in [7, 11) is 0. The van der Waals surface area contributed by atoms with Crippen molar-refractivity contribution in [3.63, 3.8) is 0 Å². The maximum absolute atomic E-state index is 14.5. The first kappa shape index (κ1) is 32.8. The number of thiol groups is 1. The van der Waals surface area contributed by atoms with Crippen molar-refractivity contribution in [1.29, 1.82) is 0 Å². The van der Waals surface area contributed by atoms with Gasteiger partial charge >= 0.3 is 0 Å². The van der Waals surface area contributed by atoms with Crippen molar-refractivity contribution in [1.82, 2.24) is 21.3 Å². The molecule has 0 unspecified atom stereocenters. The molecule has 0 saturated carbocycles. The SMILES string of the molecule is C[C@H]1NC(=O)Cc2ccccc2CNC(=O)[C@H](Cc2c(F)c(F)c(F)c(F)c2F)NC(=O)[C@H](CCCCCS)NC1=O. The van der Waals surface area contributed by atoms with Crippen molar-refractivity contribution < 1.29 is 41.1 Å². The third kappa shape index (κ3) is 8.20. The van der Waals surface area contributed by atoms with E-state index < -0.39 is 82.8 Å². The lowest BCUT2D eigenvalue weighted by molar-refractivity contribution is -0.133. The Balaban J connectivity index is 2.01. The number of hydrogen-bond donors (Lipinski definition) is 5. The molecule has 228 valence electrons. The van der Waals surface area contributed by atoms with Crippen molar-refractivity contribution >= 4 is 36.3 Å². The number of nitrogens with one attached hydrogen (secondary N) is 4. The molecule has 0 fully saturated rings. The van der Waals surface area contributed by atoms with E-state index in [9.17, 15) is 41.1 Å². The number of unbranched alkanes of at least 4 members (excludes halogenated alkanes) is 2. The van der Waals surface area contributed by atoms with Gasteiger partial charge in [0.2, 0.25) is 29.4 Å². The number of halogens is 5. The quantitative estimate of drug-likeness (QED) is 0.109. The van der Waals surface area contributed by atoms with Gasteiger partial charge in [-0.3, -0.25) is 19.2 Å². The molecule has 0 saturated heterocycles. The number of amides is 4. The molecule has 2 aromatic carbocycles. The van der Waals surface area contributed by atoms with E-state index in [0.717, 1.165) is 0 Å². The number of carbonyl (C=O) groups is 4. The molecule has 0 aliphatic carbocycles. The van der Waals surface area contributed by atoms with Crippen LogP contribution >= 0.6 is 12.6 Å². The third-order valence-corrected chi connectivity index (χ3v) is 7.14. The Kier molecular flexibility index (Phi) is 11.7. The van der Waals surface area contributed by atoms with Crippen molar-refractivity contribution in [2.45, 2.75) is 70.1 Å². The van der Waals surface area contributed by atoms with Crippen LogP contribution in [0.3, 0.4) is 0 Å². The lowest BCUT2D eigenvalue weighted by atomic mass is 10.0. The minimum absolute atomic E-state index is 0.0916. The smallest absolute Gasteiger partial charge is 0.243 e. The van der Waals surface area contributed by atoms with Gasteiger partial charge in [-0.05, 0) is 36.6 Å². The van der Waals surface area contributed by atoms with Crippen LogP contribution in [-0.2, 0) is 38.6 Å². The van der Waals surface area contributed by atoms with Crippen LogP contribution in [0.25, 0.3) is 0 Å². The molecule has 0 radical (unpaired) electrons. The van der Waals surface area contributed by atoms with E-state index in [-0.39, 0.29) is 19.4 Å². The molecule has 1 aliphatic heterocycles. The van der Waals surface area contributed by atoms with Crippen LogP contribution in [0, 0.1) is 29.1 Å². The first-order chi connectivity index (χ1) is 19.9. The number of fused-ring (bicyclic) bond motifs is 1. The van der Waals surface area contributed by atoms with Crippen molar-refractivity contribution in [2.75, 3.05) is 5.75 Å². The van der Waals surface area contributed by atoms with Crippen LogP contribution in [0.1, 0.15) is 49.3 Å². The fourth-order valence-electron chi connectivity index (χ4n) is 4.46. The molecule has 14 heteroatoms. The van der Waals surface area contributed by atoms with Crippen molar-refractivity contribution in [3.8, 4) is 0 Å². The Labute approximate surface area is 244 Å². The van der Waals surface area contributed by atoms with Gasteiger partial charge in [-0.15, -0.1) is 0 Å². The Morgan fingerprint density at radius 2 is 1.33 bits per heavy atom. The summed E-state index contributed by atoms with van der Waals surface area (Å²) >= 11 is 4.13. The zero-order chi connectivity index (χ0) is 31.0. The molecule has 0 aromatic heterocycles. The Hall–Kier alpha value is -3.68. The van der Waals surface area contributed by atoms with E-state index in [1.807, 2.05) is 0 Å². The summed E-state index contributed by atoms with van der Waals surface area (Å²) in [5, 5.41) is 9.89. The number of rotatable bonds is 7. The highest BCUT2D eigenvalue weighted by molar-refractivity contribution is 7.80. The van der Waals surface area contributed by atoms with Gasteiger partial charge in [0.25, 0.3) is 0 Å². The van der Waals surface area contributed by atoms with Crippen molar-refractivity contribution in [2.24, 2.45) is 0 Å². The molecule has 3 atom stereocenters. The van der Waals surface area contributed by atoms with Crippen molar-refractivity contribution in [3.05, 3.63) is 70.0 Å². The fourth-order valence-corrected chi connectivity index (χ4v) is 4.68. The zero-order valence-electron chi connectivity index (χ0n) is 22.7. The van der Waals surface area contributed by atoms with Gasteiger partial charge in [0, 0.05) is 18.5 Å². The molecule has 2 aromatic rings. The Bertz CT molecular complexity index is 1320. The van der Waals surface area contributed by atoms with Crippen LogP contribution in [0.15, 0.2) is 24.3 Å². The van der Waals surface area contributed by atoms with Crippen LogP contribution in [0.2, 0.25) is 0 Å². The predicted molar refractivity (Wildman–Crippen MR) is 146 cm³/mol.